The molecule has 0 saturated carbocycles. The lowest BCUT2D eigenvalue weighted by molar-refractivity contribution is 0.0481. The first-order chi connectivity index (χ1) is 8.11. The van der Waals surface area contributed by atoms with Gasteiger partial charge in [0.2, 0.25) is 0 Å². The fourth-order valence-corrected chi connectivity index (χ4v) is 2.40. The van der Waals surface area contributed by atoms with Gasteiger partial charge in [0.1, 0.15) is 0 Å². The van der Waals surface area contributed by atoms with Crippen LogP contribution in [0.5, 0.6) is 0 Å². The van der Waals surface area contributed by atoms with E-state index < -0.39 is 5.60 Å². The van der Waals surface area contributed by atoms with Crippen molar-refractivity contribution < 1.29 is 5.11 Å². The van der Waals surface area contributed by atoms with Crippen molar-refractivity contribution in [3.05, 3.63) is 29.8 Å². The van der Waals surface area contributed by atoms with Crippen molar-refractivity contribution in [1.82, 2.24) is 0 Å². The van der Waals surface area contributed by atoms with E-state index in [2.05, 4.69) is 29.2 Å². The molecule has 1 aliphatic rings. The first-order valence-electron chi connectivity index (χ1n) is 6.37. The molecule has 1 atom stereocenters. The number of aliphatic hydroxyl groups is 1. The van der Waals surface area contributed by atoms with E-state index in [1.165, 1.54) is 11.3 Å². The second-order valence-electron chi connectivity index (χ2n) is 5.21. The summed E-state index contributed by atoms with van der Waals surface area (Å²) in [4.78, 5) is 2.35. The molecule has 1 aliphatic heterocycles. The molecule has 1 aromatic rings. The van der Waals surface area contributed by atoms with Crippen LogP contribution < -0.4 is 10.6 Å². The van der Waals surface area contributed by atoms with Gasteiger partial charge in [0.15, 0.2) is 0 Å². The third-order valence-electron chi connectivity index (χ3n) is 3.58. The average molecular weight is 234 g/mol. The number of rotatable bonds is 2. The molecule has 17 heavy (non-hydrogen) atoms. The maximum Gasteiger partial charge on any atom is 0.0637 e. The summed E-state index contributed by atoms with van der Waals surface area (Å²) in [6.45, 7) is 4.46. The highest BCUT2D eigenvalue weighted by Crippen LogP contribution is 2.25. The predicted molar refractivity (Wildman–Crippen MR) is 71.0 cm³/mol. The summed E-state index contributed by atoms with van der Waals surface area (Å²) in [5.74, 6) is 0. The summed E-state index contributed by atoms with van der Waals surface area (Å²) >= 11 is 0. The first kappa shape index (κ1) is 12.4. The molecule has 3 nitrogen and oxygen atoms in total. The van der Waals surface area contributed by atoms with Crippen molar-refractivity contribution in [3.8, 4) is 0 Å². The summed E-state index contributed by atoms with van der Waals surface area (Å²) in [6.07, 6.45) is 2.76. The molecule has 0 amide bonds. The van der Waals surface area contributed by atoms with Crippen LogP contribution in [0.4, 0.5) is 5.69 Å². The summed E-state index contributed by atoms with van der Waals surface area (Å²) in [7, 11) is 0. The van der Waals surface area contributed by atoms with Gasteiger partial charge in [0, 0.05) is 25.3 Å². The van der Waals surface area contributed by atoms with Crippen LogP contribution in [0.25, 0.3) is 0 Å². The van der Waals surface area contributed by atoms with Crippen molar-refractivity contribution in [2.75, 3.05) is 18.0 Å². The Labute approximate surface area is 103 Å². The van der Waals surface area contributed by atoms with Gasteiger partial charge in [-0.05, 0) is 43.9 Å². The number of benzene rings is 1. The molecule has 2 rings (SSSR count). The van der Waals surface area contributed by atoms with E-state index in [0.29, 0.717) is 6.54 Å². The highest BCUT2D eigenvalue weighted by Gasteiger charge is 2.24. The van der Waals surface area contributed by atoms with Gasteiger partial charge in [-0.3, -0.25) is 0 Å². The molecule has 1 unspecified atom stereocenters. The zero-order valence-electron chi connectivity index (χ0n) is 10.5. The van der Waals surface area contributed by atoms with Crippen LogP contribution >= 0.6 is 0 Å². The quantitative estimate of drug-likeness (QED) is 0.821. The maximum atomic E-state index is 10.1. The number of nitrogens with zero attached hydrogens (tertiary/aromatic N) is 1. The van der Waals surface area contributed by atoms with E-state index in [9.17, 15) is 5.11 Å². The third kappa shape index (κ3) is 3.20. The van der Waals surface area contributed by atoms with Gasteiger partial charge < -0.3 is 15.7 Å². The molecule has 0 aliphatic carbocycles. The minimum Gasteiger partial charge on any atom is -0.390 e. The van der Waals surface area contributed by atoms with Gasteiger partial charge in [0.25, 0.3) is 0 Å². The highest BCUT2D eigenvalue weighted by atomic mass is 16.3. The van der Waals surface area contributed by atoms with Gasteiger partial charge in [-0.25, -0.2) is 0 Å². The molecule has 0 radical (unpaired) electrons. The van der Waals surface area contributed by atoms with E-state index in [-0.39, 0.29) is 0 Å². The van der Waals surface area contributed by atoms with Crippen molar-refractivity contribution >= 4 is 5.69 Å². The topological polar surface area (TPSA) is 49.5 Å². The second kappa shape index (κ2) is 5.07. The monoisotopic (exact) mass is 234 g/mol. The zero-order valence-corrected chi connectivity index (χ0v) is 10.5. The number of hydrogen-bond donors (Lipinski definition) is 2. The number of hydrogen-bond acceptors (Lipinski definition) is 3. The molecular formula is C14H22N2O. The Balaban J connectivity index is 2.11. The van der Waals surface area contributed by atoms with Crippen LogP contribution in [0.15, 0.2) is 24.3 Å². The first-order valence-corrected chi connectivity index (χ1v) is 6.37. The van der Waals surface area contributed by atoms with Crippen LogP contribution in [0.1, 0.15) is 31.7 Å². The smallest absolute Gasteiger partial charge is 0.0637 e. The van der Waals surface area contributed by atoms with Gasteiger partial charge in [-0.1, -0.05) is 12.1 Å². The van der Waals surface area contributed by atoms with Crippen molar-refractivity contribution in [3.63, 3.8) is 0 Å². The lowest BCUT2D eigenvalue weighted by Gasteiger charge is -2.24. The van der Waals surface area contributed by atoms with Gasteiger partial charge in [0.05, 0.1) is 5.60 Å². The van der Waals surface area contributed by atoms with E-state index >= 15 is 0 Å². The molecule has 1 saturated heterocycles. The Morgan fingerprint density at radius 2 is 2.18 bits per heavy atom. The second-order valence-corrected chi connectivity index (χ2v) is 5.21. The van der Waals surface area contributed by atoms with Crippen LogP contribution in [-0.2, 0) is 6.54 Å². The minimum atomic E-state index is -0.500. The lowest BCUT2D eigenvalue weighted by atomic mass is 9.98. The van der Waals surface area contributed by atoms with E-state index in [0.717, 1.165) is 32.4 Å². The molecule has 3 N–H and O–H groups in total. The molecule has 0 spiro atoms. The Morgan fingerprint density at radius 1 is 1.35 bits per heavy atom. The van der Waals surface area contributed by atoms with Gasteiger partial charge in [-0.2, -0.15) is 0 Å². The van der Waals surface area contributed by atoms with Gasteiger partial charge >= 0.3 is 0 Å². The molecule has 1 aromatic carbocycles. The van der Waals surface area contributed by atoms with Crippen LogP contribution in [0.2, 0.25) is 0 Å². The summed E-state index contributed by atoms with van der Waals surface area (Å²) < 4.78 is 0. The minimum absolute atomic E-state index is 0.500. The number of nitrogens with two attached hydrogens (primary N) is 1. The van der Waals surface area contributed by atoms with Crippen molar-refractivity contribution in [1.29, 1.82) is 0 Å². The van der Waals surface area contributed by atoms with E-state index in [4.69, 9.17) is 5.73 Å². The molecule has 0 bridgehead atoms. The fraction of sp³-hybridized carbons (Fsp3) is 0.571. The Kier molecular flexibility index (Phi) is 3.69. The Hall–Kier alpha value is -1.06. The molecular weight excluding hydrogens is 212 g/mol. The SMILES string of the molecule is CC1(O)CCCN(c2cccc(CN)c2)CC1. The normalized spacial score (nSPS) is 25.7. The van der Waals surface area contributed by atoms with E-state index in [1.54, 1.807) is 0 Å². The standard InChI is InChI=1S/C14H22N2O/c1-14(17)6-3-8-16(9-7-14)13-5-2-4-12(10-13)11-15/h2,4-5,10,17H,3,6-9,11,15H2,1H3. The molecule has 0 aromatic heterocycles. The average Bonchev–Trinajstić information content (AvgIpc) is 2.50. The number of anilines is 1. The van der Waals surface area contributed by atoms with E-state index in [1.807, 2.05) is 6.92 Å². The van der Waals surface area contributed by atoms with Gasteiger partial charge in [-0.15, -0.1) is 0 Å². The highest BCUT2D eigenvalue weighted by molar-refractivity contribution is 5.48. The maximum absolute atomic E-state index is 10.1. The molecule has 1 heterocycles. The molecule has 3 heteroatoms. The molecule has 94 valence electrons. The zero-order chi connectivity index (χ0) is 12.3. The Bertz CT molecular complexity index is 376. The summed E-state index contributed by atoms with van der Waals surface area (Å²) in [6, 6.07) is 8.39. The Morgan fingerprint density at radius 3 is 2.94 bits per heavy atom. The summed E-state index contributed by atoms with van der Waals surface area (Å²) in [5.41, 5.74) is 7.56. The molecule has 1 fully saturated rings. The predicted octanol–water partition coefficient (Wildman–Crippen LogP) is 1.89. The van der Waals surface area contributed by atoms with Crippen LogP contribution in [0.3, 0.4) is 0 Å². The largest absolute Gasteiger partial charge is 0.390 e. The lowest BCUT2D eigenvalue weighted by Crippen LogP contribution is -2.28. The van der Waals surface area contributed by atoms with Crippen LogP contribution in [0, 0.1) is 0 Å². The van der Waals surface area contributed by atoms with Crippen molar-refractivity contribution in [2.45, 2.75) is 38.3 Å². The summed E-state index contributed by atoms with van der Waals surface area (Å²) in [5, 5.41) is 10.1. The third-order valence-corrected chi connectivity index (χ3v) is 3.58. The fourth-order valence-electron chi connectivity index (χ4n) is 2.40. The van der Waals surface area contributed by atoms with Crippen molar-refractivity contribution in [2.24, 2.45) is 5.73 Å². The van der Waals surface area contributed by atoms with Crippen LogP contribution in [-0.4, -0.2) is 23.8 Å².